The second-order valence-electron chi connectivity index (χ2n) is 6.00. The lowest BCUT2D eigenvalue weighted by atomic mass is 9.84. The van der Waals surface area contributed by atoms with Crippen LogP contribution in [-0.2, 0) is 0 Å². The Labute approximate surface area is 144 Å². The predicted octanol–water partition coefficient (Wildman–Crippen LogP) is 5.32. The minimum Gasteiger partial charge on any atom is -0.361 e. The van der Waals surface area contributed by atoms with Gasteiger partial charge in [-0.25, -0.2) is 4.39 Å². The van der Waals surface area contributed by atoms with Crippen LogP contribution < -0.4 is 0 Å². The van der Waals surface area contributed by atoms with Crippen molar-refractivity contribution < 1.29 is 9.18 Å². The Hall–Kier alpha value is -3.20. The molecule has 4 rings (SSSR count). The lowest BCUT2D eigenvalue weighted by molar-refractivity contribution is 0.0974. The topological polar surface area (TPSA) is 32.9 Å². The van der Waals surface area contributed by atoms with Crippen LogP contribution in [-0.4, -0.2) is 10.8 Å². The number of rotatable bonds is 4. The van der Waals surface area contributed by atoms with Crippen molar-refractivity contribution in [2.45, 2.75) is 5.92 Å². The highest BCUT2D eigenvalue weighted by Crippen LogP contribution is 2.33. The lowest BCUT2D eigenvalue weighted by Crippen LogP contribution is -2.14. The Morgan fingerprint density at radius 2 is 1.52 bits per heavy atom. The maximum Gasteiger partial charge on any atom is 0.174 e. The van der Waals surface area contributed by atoms with Crippen LogP contribution >= 0.6 is 0 Å². The van der Waals surface area contributed by atoms with E-state index in [0.717, 1.165) is 22.0 Å². The third-order valence-electron chi connectivity index (χ3n) is 4.46. The Morgan fingerprint density at radius 3 is 2.28 bits per heavy atom. The Morgan fingerprint density at radius 1 is 0.840 bits per heavy atom. The molecule has 122 valence electrons. The van der Waals surface area contributed by atoms with E-state index in [0.29, 0.717) is 5.56 Å². The van der Waals surface area contributed by atoms with Gasteiger partial charge in [-0.1, -0.05) is 48.5 Å². The number of aromatic nitrogens is 1. The molecule has 3 heteroatoms. The van der Waals surface area contributed by atoms with Gasteiger partial charge in [-0.15, -0.1) is 0 Å². The summed E-state index contributed by atoms with van der Waals surface area (Å²) in [6, 6.07) is 23.3. The molecule has 0 bridgehead atoms. The highest BCUT2D eigenvalue weighted by atomic mass is 19.1. The lowest BCUT2D eigenvalue weighted by Gasteiger charge is -2.16. The van der Waals surface area contributed by atoms with Crippen molar-refractivity contribution in [3.05, 3.63) is 108 Å². The number of carbonyl (C=O) groups is 1. The maximum atomic E-state index is 13.3. The van der Waals surface area contributed by atoms with Crippen molar-refractivity contribution in [3.8, 4) is 0 Å². The molecule has 0 spiro atoms. The van der Waals surface area contributed by atoms with Gasteiger partial charge in [0.05, 0.1) is 5.92 Å². The number of H-pyrrole nitrogens is 1. The van der Waals surface area contributed by atoms with Gasteiger partial charge in [0.15, 0.2) is 5.78 Å². The summed E-state index contributed by atoms with van der Waals surface area (Å²) in [5.74, 6) is -0.835. The molecule has 1 N–H and O–H groups in total. The van der Waals surface area contributed by atoms with Crippen molar-refractivity contribution in [1.82, 2.24) is 4.98 Å². The molecule has 0 saturated heterocycles. The van der Waals surface area contributed by atoms with Gasteiger partial charge in [-0.3, -0.25) is 4.79 Å². The number of halogens is 1. The van der Waals surface area contributed by atoms with Gasteiger partial charge in [-0.2, -0.15) is 0 Å². The quantitative estimate of drug-likeness (QED) is 0.505. The molecular formula is C22H16FNO. The van der Waals surface area contributed by atoms with Crippen LogP contribution in [0.1, 0.15) is 27.4 Å². The van der Waals surface area contributed by atoms with Gasteiger partial charge in [0, 0.05) is 22.7 Å². The van der Waals surface area contributed by atoms with Gasteiger partial charge in [0.2, 0.25) is 0 Å². The number of fused-ring (bicyclic) bond motifs is 1. The average molecular weight is 329 g/mol. The largest absolute Gasteiger partial charge is 0.361 e. The molecule has 1 atom stereocenters. The van der Waals surface area contributed by atoms with E-state index in [-0.39, 0.29) is 11.6 Å². The molecule has 1 aromatic heterocycles. The van der Waals surface area contributed by atoms with E-state index >= 15 is 0 Å². The van der Waals surface area contributed by atoms with Crippen LogP contribution in [0, 0.1) is 5.82 Å². The third kappa shape index (κ3) is 2.85. The molecule has 0 aliphatic heterocycles. The molecule has 4 aromatic rings. The van der Waals surface area contributed by atoms with Gasteiger partial charge >= 0.3 is 0 Å². The van der Waals surface area contributed by atoms with Crippen molar-refractivity contribution >= 4 is 16.7 Å². The van der Waals surface area contributed by atoms with E-state index in [1.807, 2.05) is 60.8 Å². The normalized spacial score (nSPS) is 12.2. The molecule has 1 heterocycles. The molecule has 0 radical (unpaired) electrons. The minimum atomic E-state index is -0.442. The zero-order valence-corrected chi connectivity index (χ0v) is 13.4. The zero-order valence-electron chi connectivity index (χ0n) is 13.4. The first kappa shape index (κ1) is 15.3. The SMILES string of the molecule is O=C(c1ccc(F)cc1)C(c1ccccc1)c1c[nH]c2ccccc12. The van der Waals surface area contributed by atoms with E-state index in [4.69, 9.17) is 0 Å². The van der Waals surface area contributed by atoms with E-state index in [1.165, 1.54) is 12.1 Å². The van der Waals surface area contributed by atoms with Crippen LogP contribution in [0.4, 0.5) is 4.39 Å². The second-order valence-corrected chi connectivity index (χ2v) is 6.00. The summed E-state index contributed by atoms with van der Waals surface area (Å²) < 4.78 is 13.2. The number of Topliss-reactive ketones (excluding diaryl/α,β-unsaturated/α-hetero) is 1. The summed E-state index contributed by atoms with van der Waals surface area (Å²) >= 11 is 0. The highest BCUT2D eigenvalue weighted by molar-refractivity contribution is 6.05. The highest BCUT2D eigenvalue weighted by Gasteiger charge is 2.26. The van der Waals surface area contributed by atoms with Crippen molar-refractivity contribution in [3.63, 3.8) is 0 Å². The number of ketones is 1. The van der Waals surface area contributed by atoms with Crippen LogP contribution in [0.2, 0.25) is 0 Å². The minimum absolute atomic E-state index is 0.0454. The Kier molecular flexibility index (Phi) is 3.90. The molecule has 0 amide bonds. The molecular weight excluding hydrogens is 313 g/mol. The van der Waals surface area contributed by atoms with Crippen LogP contribution in [0.5, 0.6) is 0 Å². The maximum absolute atomic E-state index is 13.3. The van der Waals surface area contributed by atoms with Crippen LogP contribution in [0.15, 0.2) is 85.1 Å². The molecule has 0 aliphatic rings. The number of hydrogen-bond donors (Lipinski definition) is 1. The standard InChI is InChI=1S/C22H16FNO/c23-17-12-10-16(11-13-17)22(25)21(15-6-2-1-3-7-15)19-14-24-20-9-5-4-8-18(19)20/h1-14,21,24H. The smallest absolute Gasteiger partial charge is 0.174 e. The molecule has 3 aromatic carbocycles. The first-order valence-electron chi connectivity index (χ1n) is 8.15. The average Bonchev–Trinajstić information content (AvgIpc) is 3.07. The molecule has 2 nitrogen and oxygen atoms in total. The summed E-state index contributed by atoms with van der Waals surface area (Å²) in [4.78, 5) is 16.5. The third-order valence-corrected chi connectivity index (χ3v) is 4.46. The molecule has 0 aliphatic carbocycles. The van der Waals surface area contributed by atoms with E-state index in [2.05, 4.69) is 4.98 Å². The second kappa shape index (κ2) is 6.36. The number of benzene rings is 3. The number of aromatic amines is 1. The van der Waals surface area contributed by atoms with Crippen molar-refractivity contribution in [1.29, 1.82) is 0 Å². The molecule has 1 unspecified atom stereocenters. The molecule has 0 saturated carbocycles. The number of carbonyl (C=O) groups excluding carboxylic acids is 1. The Bertz CT molecular complexity index is 1020. The van der Waals surface area contributed by atoms with Crippen LogP contribution in [0.25, 0.3) is 10.9 Å². The van der Waals surface area contributed by atoms with Gasteiger partial charge in [0.25, 0.3) is 0 Å². The summed E-state index contributed by atoms with van der Waals surface area (Å²) in [7, 11) is 0. The summed E-state index contributed by atoms with van der Waals surface area (Å²) in [5, 5.41) is 1.02. The predicted molar refractivity (Wildman–Crippen MR) is 97.3 cm³/mol. The van der Waals surface area contributed by atoms with Gasteiger partial charge in [0.1, 0.15) is 5.82 Å². The van der Waals surface area contributed by atoms with E-state index in [9.17, 15) is 9.18 Å². The van der Waals surface area contributed by atoms with Crippen molar-refractivity contribution in [2.24, 2.45) is 0 Å². The summed E-state index contributed by atoms with van der Waals surface area (Å²) in [6.07, 6.45) is 1.89. The fourth-order valence-electron chi connectivity index (χ4n) is 3.23. The summed E-state index contributed by atoms with van der Waals surface area (Å²) in [6.45, 7) is 0. The fourth-order valence-corrected chi connectivity index (χ4v) is 3.23. The molecule has 25 heavy (non-hydrogen) atoms. The summed E-state index contributed by atoms with van der Waals surface area (Å²) in [5.41, 5.74) is 3.34. The zero-order chi connectivity index (χ0) is 17.2. The van der Waals surface area contributed by atoms with Crippen LogP contribution in [0.3, 0.4) is 0 Å². The number of nitrogens with one attached hydrogen (secondary N) is 1. The number of para-hydroxylation sites is 1. The first-order chi connectivity index (χ1) is 12.2. The van der Waals surface area contributed by atoms with E-state index < -0.39 is 5.92 Å². The van der Waals surface area contributed by atoms with Crippen molar-refractivity contribution in [2.75, 3.05) is 0 Å². The molecule has 0 fully saturated rings. The van der Waals surface area contributed by atoms with Gasteiger partial charge < -0.3 is 4.98 Å². The number of hydrogen-bond acceptors (Lipinski definition) is 1. The monoisotopic (exact) mass is 329 g/mol. The Balaban J connectivity index is 1.88. The fraction of sp³-hybridized carbons (Fsp3) is 0.0455. The first-order valence-corrected chi connectivity index (χ1v) is 8.15. The van der Waals surface area contributed by atoms with Gasteiger partial charge in [-0.05, 0) is 41.5 Å². The van der Waals surface area contributed by atoms with E-state index in [1.54, 1.807) is 12.1 Å².